The van der Waals surface area contributed by atoms with Crippen molar-refractivity contribution in [2.45, 2.75) is 24.4 Å². The molecule has 1 aliphatic heterocycles. The number of sulfone groups is 1. The Bertz CT molecular complexity index is 883. The van der Waals surface area contributed by atoms with Crippen molar-refractivity contribution in [2.24, 2.45) is 0 Å². The fourth-order valence-electron chi connectivity index (χ4n) is 2.78. The molecule has 0 radical (unpaired) electrons. The number of benzene rings is 1. The third-order valence-corrected chi connectivity index (χ3v) is 6.89. The Kier molecular flexibility index (Phi) is 4.78. The van der Waals surface area contributed by atoms with E-state index in [1.165, 1.54) is 11.8 Å². The van der Waals surface area contributed by atoms with Crippen molar-refractivity contribution in [1.82, 2.24) is 14.9 Å². The summed E-state index contributed by atoms with van der Waals surface area (Å²) in [7, 11) is -1.32. The Labute approximate surface area is 145 Å². The van der Waals surface area contributed by atoms with Crippen LogP contribution in [-0.2, 0) is 14.6 Å². The molecule has 2 heterocycles. The van der Waals surface area contributed by atoms with E-state index in [1.807, 2.05) is 31.2 Å². The molecule has 1 aromatic carbocycles. The summed E-state index contributed by atoms with van der Waals surface area (Å²) in [5, 5.41) is 1.70. The van der Waals surface area contributed by atoms with Crippen molar-refractivity contribution in [1.29, 1.82) is 0 Å². The maximum Gasteiger partial charge on any atom is 0.233 e. The number of aromatic nitrogens is 2. The minimum Gasteiger partial charge on any atom is -0.341 e. The molecule has 1 aliphatic rings. The van der Waals surface area contributed by atoms with Crippen LogP contribution in [0.15, 0.2) is 29.3 Å². The number of fused-ring (bicyclic) bond motifs is 1. The van der Waals surface area contributed by atoms with Gasteiger partial charge in [0.25, 0.3) is 0 Å². The second-order valence-corrected chi connectivity index (χ2v) is 9.14. The van der Waals surface area contributed by atoms with Gasteiger partial charge in [0, 0.05) is 18.5 Å². The second-order valence-electron chi connectivity index (χ2n) is 5.94. The summed E-state index contributed by atoms with van der Waals surface area (Å²) in [5.74, 6) is 1.04. The van der Waals surface area contributed by atoms with E-state index in [4.69, 9.17) is 0 Å². The largest absolute Gasteiger partial charge is 0.341 e. The number of rotatable bonds is 4. The van der Waals surface area contributed by atoms with E-state index in [2.05, 4.69) is 9.97 Å². The average molecular weight is 365 g/mol. The summed E-state index contributed by atoms with van der Waals surface area (Å²) in [6.07, 6.45) is 0.519. The topological polar surface area (TPSA) is 80.2 Å². The van der Waals surface area contributed by atoms with Gasteiger partial charge in [-0.1, -0.05) is 30.0 Å². The van der Waals surface area contributed by atoms with E-state index in [9.17, 15) is 13.2 Å². The number of nitrogens with zero attached hydrogens (tertiary/aromatic N) is 3. The highest BCUT2D eigenvalue weighted by Gasteiger charge is 2.32. The zero-order valence-electron chi connectivity index (χ0n) is 13.6. The molecule has 8 heteroatoms. The smallest absolute Gasteiger partial charge is 0.233 e. The van der Waals surface area contributed by atoms with Gasteiger partial charge in [0.1, 0.15) is 10.9 Å². The third-order valence-electron chi connectivity index (χ3n) is 4.16. The van der Waals surface area contributed by atoms with Crippen LogP contribution in [-0.4, -0.2) is 59.5 Å². The molecule has 0 N–H and O–H groups in total. The van der Waals surface area contributed by atoms with Crippen molar-refractivity contribution < 1.29 is 13.2 Å². The maximum absolute atomic E-state index is 12.4. The molecule has 1 amide bonds. The van der Waals surface area contributed by atoms with E-state index in [-0.39, 0.29) is 29.2 Å². The normalized spacial score (nSPS) is 19.5. The van der Waals surface area contributed by atoms with Crippen molar-refractivity contribution >= 4 is 38.4 Å². The van der Waals surface area contributed by atoms with Gasteiger partial charge in [-0.05, 0) is 19.4 Å². The molecule has 1 aromatic heterocycles. The van der Waals surface area contributed by atoms with Crippen molar-refractivity contribution in [3.63, 3.8) is 0 Å². The lowest BCUT2D eigenvalue weighted by Gasteiger charge is -2.23. The quantitative estimate of drug-likeness (QED) is 0.606. The lowest BCUT2D eigenvalue weighted by Crippen LogP contribution is -2.38. The van der Waals surface area contributed by atoms with Gasteiger partial charge < -0.3 is 4.90 Å². The number of hydrogen-bond donors (Lipinski definition) is 0. The highest BCUT2D eigenvalue weighted by Crippen LogP contribution is 2.26. The molecule has 0 bridgehead atoms. The van der Waals surface area contributed by atoms with Gasteiger partial charge in [-0.15, -0.1) is 0 Å². The van der Waals surface area contributed by atoms with Gasteiger partial charge in [-0.3, -0.25) is 4.79 Å². The highest BCUT2D eigenvalue weighted by molar-refractivity contribution is 8.00. The minimum atomic E-state index is -3.00. The van der Waals surface area contributed by atoms with E-state index < -0.39 is 9.84 Å². The first-order valence-corrected chi connectivity index (χ1v) is 10.5. The Balaban J connectivity index is 1.71. The second kappa shape index (κ2) is 6.68. The zero-order chi connectivity index (χ0) is 17.3. The number of thioether (sulfide) groups is 1. The van der Waals surface area contributed by atoms with Crippen LogP contribution in [0.2, 0.25) is 0 Å². The molecular formula is C16H19N3O3S2. The standard InChI is InChI=1S/C16H19N3O3S2/c1-11-17-14-6-4-3-5-13(14)16(18-11)23-9-15(20)19(2)12-7-8-24(21,22)10-12/h3-6,12H,7-10H2,1-2H3/t12-/m1/s1. The summed E-state index contributed by atoms with van der Waals surface area (Å²) >= 11 is 1.37. The zero-order valence-corrected chi connectivity index (χ0v) is 15.2. The van der Waals surface area contributed by atoms with Crippen LogP contribution < -0.4 is 0 Å². The number of para-hydroxylation sites is 1. The van der Waals surface area contributed by atoms with Crippen LogP contribution in [0.1, 0.15) is 12.2 Å². The molecule has 0 spiro atoms. The van der Waals surface area contributed by atoms with E-state index in [1.54, 1.807) is 11.9 Å². The highest BCUT2D eigenvalue weighted by atomic mass is 32.2. The fourth-order valence-corrected chi connectivity index (χ4v) is 5.55. The number of amides is 1. The minimum absolute atomic E-state index is 0.0649. The molecule has 6 nitrogen and oxygen atoms in total. The van der Waals surface area contributed by atoms with Crippen LogP contribution in [0, 0.1) is 6.92 Å². The Hall–Kier alpha value is -1.67. The molecule has 0 aliphatic carbocycles. The van der Waals surface area contributed by atoms with Gasteiger partial charge in [-0.2, -0.15) is 0 Å². The van der Waals surface area contributed by atoms with Crippen molar-refractivity contribution in [2.75, 3.05) is 24.3 Å². The van der Waals surface area contributed by atoms with Crippen molar-refractivity contribution in [3.8, 4) is 0 Å². The number of aryl methyl sites for hydroxylation is 1. The van der Waals surface area contributed by atoms with Crippen LogP contribution in [0.4, 0.5) is 0 Å². The first-order valence-electron chi connectivity index (χ1n) is 7.68. The van der Waals surface area contributed by atoms with Crippen LogP contribution in [0.25, 0.3) is 10.9 Å². The van der Waals surface area contributed by atoms with Crippen LogP contribution >= 0.6 is 11.8 Å². The first kappa shape index (κ1) is 17.2. The number of carbonyl (C=O) groups is 1. The summed E-state index contributed by atoms with van der Waals surface area (Å²) in [6.45, 7) is 1.83. The molecule has 1 saturated heterocycles. The Morgan fingerprint density at radius 2 is 2.08 bits per heavy atom. The predicted molar refractivity (Wildman–Crippen MR) is 94.8 cm³/mol. The molecule has 0 saturated carbocycles. The summed E-state index contributed by atoms with van der Waals surface area (Å²) in [5.41, 5.74) is 0.857. The van der Waals surface area contributed by atoms with Crippen LogP contribution in [0.3, 0.4) is 0 Å². The van der Waals surface area contributed by atoms with Gasteiger partial charge >= 0.3 is 0 Å². The summed E-state index contributed by atoms with van der Waals surface area (Å²) in [6, 6.07) is 7.48. The van der Waals surface area contributed by atoms with E-state index >= 15 is 0 Å². The monoisotopic (exact) mass is 365 g/mol. The molecule has 3 rings (SSSR count). The summed E-state index contributed by atoms with van der Waals surface area (Å²) < 4.78 is 23.1. The third kappa shape index (κ3) is 3.70. The first-order chi connectivity index (χ1) is 11.4. The SMILES string of the molecule is Cc1nc(SCC(=O)N(C)[C@@H]2CCS(=O)(=O)C2)c2ccccc2n1. The lowest BCUT2D eigenvalue weighted by molar-refractivity contribution is -0.128. The molecular weight excluding hydrogens is 346 g/mol. The Morgan fingerprint density at radius 3 is 2.79 bits per heavy atom. The average Bonchev–Trinajstić information content (AvgIpc) is 2.91. The number of carbonyl (C=O) groups excluding carboxylic acids is 1. The fraction of sp³-hybridized carbons (Fsp3) is 0.438. The van der Waals surface area contributed by atoms with Gasteiger partial charge in [0.15, 0.2) is 9.84 Å². The van der Waals surface area contributed by atoms with E-state index in [0.717, 1.165) is 15.9 Å². The molecule has 2 aromatic rings. The molecule has 24 heavy (non-hydrogen) atoms. The summed E-state index contributed by atoms with van der Waals surface area (Å²) in [4.78, 5) is 22.8. The molecule has 1 atom stereocenters. The van der Waals surface area contributed by atoms with Crippen LogP contribution in [0.5, 0.6) is 0 Å². The number of hydrogen-bond acceptors (Lipinski definition) is 6. The Morgan fingerprint density at radius 1 is 1.33 bits per heavy atom. The lowest BCUT2D eigenvalue weighted by atomic mass is 10.2. The van der Waals surface area contributed by atoms with Gasteiger partial charge in [0.05, 0.1) is 22.8 Å². The molecule has 128 valence electrons. The van der Waals surface area contributed by atoms with Crippen molar-refractivity contribution in [3.05, 3.63) is 30.1 Å². The van der Waals surface area contributed by atoms with Gasteiger partial charge in [-0.25, -0.2) is 18.4 Å². The molecule has 0 unspecified atom stereocenters. The van der Waals surface area contributed by atoms with Gasteiger partial charge in [0.2, 0.25) is 5.91 Å². The maximum atomic E-state index is 12.4. The molecule has 1 fully saturated rings. The van der Waals surface area contributed by atoms with E-state index in [0.29, 0.717) is 12.2 Å². The predicted octanol–water partition coefficient (Wildman–Crippen LogP) is 1.68.